The van der Waals surface area contributed by atoms with E-state index in [1.807, 2.05) is 13.8 Å². The van der Waals surface area contributed by atoms with Crippen LogP contribution in [-0.2, 0) is 0 Å². The summed E-state index contributed by atoms with van der Waals surface area (Å²) in [7, 11) is 0. The first-order chi connectivity index (χ1) is 11.6. The van der Waals surface area contributed by atoms with Gasteiger partial charge in [0, 0.05) is 26.2 Å². The van der Waals surface area contributed by atoms with Gasteiger partial charge < -0.3 is 10.2 Å². The average molecular weight is 326 g/mol. The molecule has 1 saturated heterocycles. The normalized spacial score (nSPS) is 15.2. The Morgan fingerprint density at radius 2 is 1.75 bits per heavy atom. The number of aromatic nitrogens is 4. The summed E-state index contributed by atoms with van der Waals surface area (Å²) in [4.78, 5) is 11.6. The van der Waals surface area contributed by atoms with E-state index in [-0.39, 0.29) is 5.82 Å². The Hall–Kier alpha value is -2.54. The SMILES string of the molecule is Cc1nc(N2CCNCC2)c2c(C)nn(-c3ccc(F)cc3)c2n1. The fourth-order valence-corrected chi connectivity index (χ4v) is 3.14. The van der Waals surface area contributed by atoms with E-state index < -0.39 is 0 Å². The lowest BCUT2D eigenvalue weighted by Crippen LogP contribution is -2.44. The van der Waals surface area contributed by atoms with Crippen LogP contribution in [0.15, 0.2) is 24.3 Å². The molecule has 6 nitrogen and oxygen atoms in total. The summed E-state index contributed by atoms with van der Waals surface area (Å²) in [5.74, 6) is 1.38. The Labute approximate surface area is 139 Å². The molecule has 1 aromatic carbocycles. The molecule has 0 amide bonds. The van der Waals surface area contributed by atoms with Gasteiger partial charge in [0.2, 0.25) is 0 Å². The number of aryl methyl sites for hydroxylation is 2. The lowest BCUT2D eigenvalue weighted by molar-refractivity contribution is 0.585. The largest absolute Gasteiger partial charge is 0.353 e. The van der Waals surface area contributed by atoms with Crippen LogP contribution in [0, 0.1) is 19.7 Å². The van der Waals surface area contributed by atoms with Gasteiger partial charge >= 0.3 is 0 Å². The van der Waals surface area contributed by atoms with Crippen LogP contribution in [0.25, 0.3) is 16.7 Å². The van der Waals surface area contributed by atoms with Crippen molar-refractivity contribution in [2.45, 2.75) is 13.8 Å². The van der Waals surface area contributed by atoms with E-state index in [1.54, 1.807) is 16.8 Å². The van der Waals surface area contributed by atoms with Crippen molar-refractivity contribution in [2.75, 3.05) is 31.1 Å². The zero-order valence-electron chi connectivity index (χ0n) is 13.8. The molecule has 4 rings (SSSR count). The summed E-state index contributed by atoms with van der Waals surface area (Å²) < 4.78 is 15.0. The van der Waals surface area contributed by atoms with Crippen molar-refractivity contribution < 1.29 is 4.39 Å². The standard InChI is InChI=1S/C17H19FN6/c1-11-15-16(23-9-7-19-8-10-23)20-12(2)21-17(15)24(22-11)14-5-3-13(18)4-6-14/h3-6,19H,7-10H2,1-2H3. The molecule has 1 N–H and O–H groups in total. The van der Waals surface area contributed by atoms with Crippen LogP contribution < -0.4 is 10.2 Å². The van der Waals surface area contributed by atoms with Gasteiger partial charge in [-0.2, -0.15) is 5.10 Å². The Bertz CT molecular complexity index is 880. The van der Waals surface area contributed by atoms with Gasteiger partial charge in [-0.05, 0) is 38.1 Å². The van der Waals surface area contributed by atoms with Gasteiger partial charge in [-0.3, -0.25) is 0 Å². The van der Waals surface area contributed by atoms with Crippen molar-refractivity contribution in [3.63, 3.8) is 0 Å². The molecule has 7 heteroatoms. The molecular formula is C17H19FN6. The zero-order chi connectivity index (χ0) is 16.7. The average Bonchev–Trinajstić information content (AvgIpc) is 2.92. The van der Waals surface area contributed by atoms with E-state index >= 15 is 0 Å². The van der Waals surface area contributed by atoms with Crippen LogP contribution in [-0.4, -0.2) is 45.9 Å². The number of fused-ring (bicyclic) bond motifs is 1. The molecule has 3 aromatic rings. The first kappa shape index (κ1) is 15.0. The van der Waals surface area contributed by atoms with E-state index in [1.165, 1.54) is 12.1 Å². The second-order valence-corrected chi connectivity index (χ2v) is 6.00. The number of nitrogens with one attached hydrogen (secondary N) is 1. The smallest absolute Gasteiger partial charge is 0.168 e. The Morgan fingerprint density at radius 3 is 2.46 bits per heavy atom. The summed E-state index contributed by atoms with van der Waals surface area (Å²) in [5.41, 5.74) is 2.43. The lowest BCUT2D eigenvalue weighted by atomic mass is 10.2. The third-order valence-electron chi connectivity index (χ3n) is 4.28. The maximum atomic E-state index is 13.2. The number of halogens is 1. The highest BCUT2D eigenvalue weighted by Crippen LogP contribution is 2.29. The van der Waals surface area contributed by atoms with Gasteiger partial charge in [0.25, 0.3) is 0 Å². The van der Waals surface area contributed by atoms with Crippen molar-refractivity contribution in [3.8, 4) is 5.69 Å². The summed E-state index contributed by atoms with van der Waals surface area (Å²) in [6.07, 6.45) is 0. The minimum atomic E-state index is -0.265. The maximum Gasteiger partial charge on any atom is 0.168 e. The van der Waals surface area contributed by atoms with E-state index in [4.69, 9.17) is 0 Å². The summed E-state index contributed by atoms with van der Waals surface area (Å²) >= 11 is 0. The number of anilines is 1. The van der Waals surface area contributed by atoms with Crippen molar-refractivity contribution >= 4 is 16.9 Å². The molecule has 0 aliphatic carbocycles. The molecule has 24 heavy (non-hydrogen) atoms. The van der Waals surface area contributed by atoms with Crippen molar-refractivity contribution in [1.29, 1.82) is 0 Å². The van der Waals surface area contributed by atoms with Crippen LogP contribution in [0.3, 0.4) is 0 Å². The van der Waals surface area contributed by atoms with Gasteiger partial charge in [0.15, 0.2) is 5.65 Å². The highest BCUT2D eigenvalue weighted by Gasteiger charge is 2.21. The van der Waals surface area contributed by atoms with E-state index in [2.05, 4.69) is 25.3 Å². The second kappa shape index (κ2) is 5.83. The van der Waals surface area contributed by atoms with Crippen LogP contribution in [0.1, 0.15) is 11.5 Å². The highest BCUT2D eigenvalue weighted by molar-refractivity contribution is 5.91. The number of benzene rings is 1. The molecular weight excluding hydrogens is 307 g/mol. The molecule has 3 heterocycles. The van der Waals surface area contributed by atoms with Gasteiger partial charge in [-0.15, -0.1) is 0 Å². The van der Waals surface area contributed by atoms with Gasteiger partial charge in [-0.25, -0.2) is 19.0 Å². The van der Waals surface area contributed by atoms with Crippen molar-refractivity contribution in [2.24, 2.45) is 0 Å². The highest BCUT2D eigenvalue weighted by atomic mass is 19.1. The summed E-state index contributed by atoms with van der Waals surface area (Å²) in [5, 5.41) is 8.96. The summed E-state index contributed by atoms with van der Waals surface area (Å²) in [6, 6.07) is 6.29. The predicted octanol–water partition coefficient (Wildman–Crippen LogP) is 1.98. The minimum absolute atomic E-state index is 0.265. The first-order valence-corrected chi connectivity index (χ1v) is 8.09. The predicted molar refractivity (Wildman–Crippen MR) is 91.2 cm³/mol. The molecule has 0 bridgehead atoms. The first-order valence-electron chi connectivity index (χ1n) is 8.09. The van der Waals surface area contributed by atoms with Gasteiger partial charge in [-0.1, -0.05) is 0 Å². The second-order valence-electron chi connectivity index (χ2n) is 6.00. The molecule has 0 radical (unpaired) electrons. The van der Waals surface area contributed by atoms with Crippen LogP contribution in [0.2, 0.25) is 0 Å². The fraction of sp³-hybridized carbons (Fsp3) is 0.353. The number of piperazine rings is 1. The molecule has 0 spiro atoms. The number of nitrogens with zero attached hydrogens (tertiary/aromatic N) is 5. The summed E-state index contributed by atoms with van der Waals surface area (Å²) in [6.45, 7) is 7.56. The Morgan fingerprint density at radius 1 is 1.04 bits per heavy atom. The van der Waals surface area contributed by atoms with Crippen molar-refractivity contribution in [1.82, 2.24) is 25.1 Å². The lowest BCUT2D eigenvalue weighted by Gasteiger charge is -2.29. The molecule has 2 aromatic heterocycles. The maximum absolute atomic E-state index is 13.2. The third-order valence-corrected chi connectivity index (χ3v) is 4.28. The van der Waals surface area contributed by atoms with E-state index in [9.17, 15) is 4.39 Å². The molecule has 0 atom stereocenters. The molecule has 1 fully saturated rings. The zero-order valence-corrected chi connectivity index (χ0v) is 13.8. The molecule has 0 saturated carbocycles. The monoisotopic (exact) mass is 326 g/mol. The van der Waals surface area contributed by atoms with E-state index in [0.29, 0.717) is 5.82 Å². The number of hydrogen-bond donors (Lipinski definition) is 1. The van der Waals surface area contributed by atoms with Gasteiger partial charge in [0.1, 0.15) is 17.5 Å². The topological polar surface area (TPSA) is 58.9 Å². The molecule has 0 unspecified atom stereocenters. The Kier molecular flexibility index (Phi) is 3.65. The number of hydrogen-bond acceptors (Lipinski definition) is 5. The van der Waals surface area contributed by atoms with Crippen molar-refractivity contribution in [3.05, 3.63) is 41.6 Å². The van der Waals surface area contributed by atoms with Crippen LogP contribution >= 0.6 is 0 Å². The Balaban J connectivity index is 1.91. The molecule has 1 aliphatic heterocycles. The minimum Gasteiger partial charge on any atom is -0.353 e. The van der Waals surface area contributed by atoms with Gasteiger partial charge in [0.05, 0.1) is 16.8 Å². The van der Waals surface area contributed by atoms with Crippen LogP contribution in [0.4, 0.5) is 10.2 Å². The molecule has 124 valence electrons. The third kappa shape index (κ3) is 2.50. The quantitative estimate of drug-likeness (QED) is 0.780. The van der Waals surface area contributed by atoms with Crippen LogP contribution in [0.5, 0.6) is 0 Å². The fourth-order valence-electron chi connectivity index (χ4n) is 3.14. The molecule has 1 aliphatic rings. The number of rotatable bonds is 2. The van der Waals surface area contributed by atoms with E-state index in [0.717, 1.165) is 54.4 Å².